The number of piperazine rings is 1. The molecular weight excluding hydrogens is 450 g/mol. The van der Waals surface area contributed by atoms with Crippen molar-refractivity contribution < 1.29 is 13.9 Å². The largest absolute Gasteiger partial charge is 0.497 e. The molecule has 0 atom stereocenters. The summed E-state index contributed by atoms with van der Waals surface area (Å²) in [5, 5.41) is 9.35. The van der Waals surface area contributed by atoms with E-state index in [1.54, 1.807) is 13.4 Å². The molecule has 0 radical (unpaired) electrons. The van der Waals surface area contributed by atoms with Crippen molar-refractivity contribution in [3.63, 3.8) is 0 Å². The summed E-state index contributed by atoms with van der Waals surface area (Å²) in [5.74, 6) is 2.48. The molecular formula is C25H25N5O3S. The molecule has 5 rings (SSSR count). The van der Waals surface area contributed by atoms with E-state index >= 15 is 0 Å². The molecule has 0 N–H and O–H groups in total. The third kappa shape index (κ3) is 4.65. The van der Waals surface area contributed by atoms with Gasteiger partial charge in [-0.05, 0) is 48.5 Å². The second-order valence-corrected chi connectivity index (χ2v) is 8.75. The van der Waals surface area contributed by atoms with E-state index in [-0.39, 0.29) is 5.91 Å². The maximum Gasteiger partial charge on any atom is 0.233 e. The van der Waals surface area contributed by atoms with Crippen LogP contribution >= 0.6 is 11.8 Å². The standard InChI is InChI=1S/C25H25N5O3S/c1-32-21-11-9-19(10-12-21)28-13-15-29(16-14-28)23(31)18-34-25-27-26-24(22-8-5-17-33-22)30(25)20-6-3-2-4-7-20/h2-12,17H,13-16,18H2,1H3. The summed E-state index contributed by atoms with van der Waals surface area (Å²) in [4.78, 5) is 17.2. The Kier molecular flexibility index (Phi) is 6.53. The van der Waals surface area contributed by atoms with Gasteiger partial charge in [-0.15, -0.1) is 10.2 Å². The van der Waals surface area contributed by atoms with Crippen molar-refractivity contribution >= 4 is 23.4 Å². The van der Waals surface area contributed by atoms with Gasteiger partial charge < -0.3 is 19.0 Å². The number of methoxy groups -OCH3 is 1. The summed E-state index contributed by atoms with van der Waals surface area (Å²) in [6, 6.07) is 21.6. The van der Waals surface area contributed by atoms with Gasteiger partial charge in [0, 0.05) is 37.6 Å². The highest BCUT2D eigenvalue weighted by atomic mass is 32.2. The van der Waals surface area contributed by atoms with E-state index < -0.39 is 0 Å². The van der Waals surface area contributed by atoms with Crippen LogP contribution in [0.4, 0.5) is 5.69 Å². The predicted octanol–water partition coefficient (Wildman–Crippen LogP) is 3.98. The molecule has 174 valence electrons. The second kappa shape index (κ2) is 10.0. The summed E-state index contributed by atoms with van der Waals surface area (Å²) in [7, 11) is 1.66. The van der Waals surface area contributed by atoms with Gasteiger partial charge in [-0.2, -0.15) is 0 Å². The summed E-state index contributed by atoms with van der Waals surface area (Å²) in [5.41, 5.74) is 2.06. The summed E-state index contributed by atoms with van der Waals surface area (Å²) >= 11 is 1.39. The number of hydrogen-bond acceptors (Lipinski definition) is 7. The van der Waals surface area contributed by atoms with Crippen LogP contribution in [0.3, 0.4) is 0 Å². The number of anilines is 1. The average molecular weight is 476 g/mol. The molecule has 0 saturated carbocycles. The van der Waals surface area contributed by atoms with Crippen LogP contribution in [0.25, 0.3) is 17.3 Å². The Morgan fingerprint density at radius 2 is 1.71 bits per heavy atom. The van der Waals surface area contributed by atoms with Gasteiger partial charge in [0.15, 0.2) is 10.9 Å². The maximum absolute atomic E-state index is 13.0. The first-order chi connectivity index (χ1) is 16.7. The summed E-state index contributed by atoms with van der Waals surface area (Å²) in [6.07, 6.45) is 1.61. The van der Waals surface area contributed by atoms with Crippen LogP contribution in [0.1, 0.15) is 0 Å². The lowest BCUT2D eigenvalue weighted by molar-refractivity contribution is -0.128. The van der Waals surface area contributed by atoms with Gasteiger partial charge in [0.1, 0.15) is 5.75 Å². The van der Waals surface area contributed by atoms with Crippen molar-refractivity contribution in [3.05, 3.63) is 73.0 Å². The Hall–Kier alpha value is -3.72. The molecule has 3 heterocycles. The number of furan rings is 1. The second-order valence-electron chi connectivity index (χ2n) is 7.81. The van der Waals surface area contributed by atoms with Gasteiger partial charge in [0.25, 0.3) is 0 Å². The van der Waals surface area contributed by atoms with Gasteiger partial charge in [0.2, 0.25) is 11.7 Å². The van der Waals surface area contributed by atoms with Crippen molar-refractivity contribution in [2.75, 3.05) is 43.9 Å². The van der Waals surface area contributed by atoms with Crippen LogP contribution in [0, 0.1) is 0 Å². The lowest BCUT2D eigenvalue weighted by atomic mass is 10.2. The smallest absolute Gasteiger partial charge is 0.233 e. The highest BCUT2D eigenvalue weighted by Gasteiger charge is 2.23. The van der Waals surface area contributed by atoms with Crippen molar-refractivity contribution in [3.8, 4) is 23.0 Å². The van der Waals surface area contributed by atoms with Gasteiger partial charge in [-0.3, -0.25) is 9.36 Å². The quantitative estimate of drug-likeness (QED) is 0.374. The van der Waals surface area contributed by atoms with Crippen LogP contribution in [0.2, 0.25) is 0 Å². The number of thioether (sulfide) groups is 1. The minimum absolute atomic E-state index is 0.0986. The molecule has 2 aromatic carbocycles. The molecule has 1 fully saturated rings. The zero-order valence-electron chi connectivity index (χ0n) is 18.8. The fraction of sp³-hybridized carbons (Fsp3) is 0.240. The van der Waals surface area contributed by atoms with Crippen molar-refractivity contribution in [2.24, 2.45) is 0 Å². The lowest BCUT2D eigenvalue weighted by Crippen LogP contribution is -2.49. The Morgan fingerprint density at radius 1 is 0.941 bits per heavy atom. The molecule has 4 aromatic rings. The minimum atomic E-state index is 0.0986. The van der Waals surface area contributed by atoms with E-state index in [4.69, 9.17) is 9.15 Å². The Bertz CT molecular complexity index is 1220. The summed E-state index contributed by atoms with van der Waals surface area (Å²) < 4.78 is 12.7. The molecule has 9 heteroatoms. The van der Waals surface area contributed by atoms with E-state index in [1.807, 2.05) is 64.1 Å². The normalized spacial score (nSPS) is 13.8. The lowest BCUT2D eigenvalue weighted by Gasteiger charge is -2.36. The molecule has 34 heavy (non-hydrogen) atoms. The molecule has 0 bridgehead atoms. The first-order valence-corrected chi connectivity index (χ1v) is 12.1. The number of ether oxygens (including phenoxy) is 1. The highest BCUT2D eigenvalue weighted by molar-refractivity contribution is 7.99. The third-order valence-corrected chi connectivity index (χ3v) is 6.70. The number of hydrogen-bond donors (Lipinski definition) is 0. The van der Waals surface area contributed by atoms with E-state index in [1.165, 1.54) is 11.8 Å². The number of benzene rings is 2. The van der Waals surface area contributed by atoms with E-state index in [2.05, 4.69) is 27.2 Å². The number of aromatic nitrogens is 3. The van der Waals surface area contributed by atoms with Crippen LogP contribution in [0.15, 0.2) is 82.6 Å². The Balaban J connectivity index is 1.24. The number of amides is 1. The number of rotatable bonds is 7. The Morgan fingerprint density at radius 3 is 2.38 bits per heavy atom. The van der Waals surface area contributed by atoms with Crippen molar-refractivity contribution in [1.29, 1.82) is 0 Å². The zero-order valence-corrected chi connectivity index (χ0v) is 19.6. The number of para-hydroxylation sites is 1. The van der Waals surface area contributed by atoms with Gasteiger partial charge in [0.05, 0.1) is 19.1 Å². The number of carbonyl (C=O) groups excluding carboxylic acids is 1. The molecule has 0 spiro atoms. The first-order valence-electron chi connectivity index (χ1n) is 11.1. The van der Waals surface area contributed by atoms with E-state index in [0.717, 1.165) is 30.2 Å². The van der Waals surface area contributed by atoms with Crippen LogP contribution in [-0.4, -0.2) is 64.6 Å². The molecule has 8 nitrogen and oxygen atoms in total. The SMILES string of the molecule is COc1ccc(N2CCN(C(=O)CSc3nnc(-c4ccco4)n3-c3ccccc3)CC2)cc1. The molecule has 1 saturated heterocycles. The molecule has 1 aliphatic heterocycles. The maximum atomic E-state index is 13.0. The number of carbonyl (C=O) groups is 1. The zero-order chi connectivity index (χ0) is 23.3. The van der Waals surface area contributed by atoms with Crippen molar-refractivity contribution in [1.82, 2.24) is 19.7 Å². The fourth-order valence-corrected chi connectivity index (χ4v) is 4.82. The summed E-state index contributed by atoms with van der Waals surface area (Å²) in [6.45, 7) is 2.97. The van der Waals surface area contributed by atoms with E-state index in [9.17, 15) is 4.79 Å². The van der Waals surface area contributed by atoms with E-state index in [0.29, 0.717) is 35.6 Å². The topological polar surface area (TPSA) is 76.6 Å². The van der Waals surface area contributed by atoms with Crippen molar-refractivity contribution in [2.45, 2.75) is 5.16 Å². The van der Waals surface area contributed by atoms with Gasteiger partial charge in [-0.1, -0.05) is 30.0 Å². The van der Waals surface area contributed by atoms with Crippen LogP contribution in [0.5, 0.6) is 5.75 Å². The minimum Gasteiger partial charge on any atom is -0.497 e. The third-order valence-electron chi connectivity index (χ3n) is 5.78. The first kappa shape index (κ1) is 22.1. The van der Waals surface area contributed by atoms with Crippen LogP contribution < -0.4 is 9.64 Å². The molecule has 1 aliphatic rings. The Labute approximate surface area is 202 Å². The monoisotopic (exact) mass is 475 g/mol. The fourth-order valence-electron chi connectivity index (χ4n) is 3.96. The number of nitrogens with zero attached hydrogens (tertiary/aromatic N) is 5. The van der Waals surface area contributed by atoms with Gasteiger partial charge in [-0.25, -0.2) is 0 Å². The molecule has 1 amide bonds. The molecule has 2 aromatic heterocycles. The van der Waals surface area contributed by atoms with Crippen LogP contribution in [-0.2, 0) is 4.79 Å². The average Bonchev–Trinajstić information content (AvgIpc) is 3.58. The highest BCUT2D eigenvalue weighted by Crippen LogP contribution is 2.28. The molecule has 0 unspecified atom stereocenters. The predicted molar refractivity (Wildman–Crippen MR) is 132 cm³/mol. The van der Waals surface area contributed by atoms with Gasteiger partial charge >= 0.3 is 0 Å². The molecule has 0 aliphatic carbocycles.